The second-order valence-electron chi connectivity index (χ2n) is 3.83. The molecule has 0 bridgehead atoms. The molecule has 1 aromatic carbocycles. The van der Waals surface area contributed by atoms with Crippen molar-refractivity contribution in [3.63, 3.8) is 0 Å². The minimum Gasteiger partial charge on any atom is -0.398 e. The van der Waals surface area contributed by atoms with Crippen molar-refractivity contribution in [1.29, 1.82) is 0 Å². The molecular formula is C11H15N3S. The summed E-state index contributed by atoms with van der Waals surface area (Å²) in [6.07, 6.45) is 2.52. The molecule has 4 heteroatoms. The Kier molecular flexibility index (Phi) is 2.77. The van der Waals surface area contributed by atoms with Crippen LogP contribution in [0.4, 0.5) is 11.4 Å². The number of benzene rings is 1. The zero-order valence-electron chi connectivity index (χ0n) is 8.57. The van der Waals surface area contributed by atoms with Gasteiger partial charge in [0.2, 0.25) is 0 Å². The maximum Gasteiger partial charge on any atom is 0.106 e. The first-order valence-corrected chi connectivity index (χ1v) is 5.53. The molecule has 0 amide bonds. The van der Waals surface area contributed by atoms with Crippen LogP contribution in [-0.2, 0) is 0 Å². The number of nitrogen functional groups attached to an aromatic ring is 1. The van der Waals surface area contributed by atoms with Gasteiger partial charge >= 0.3 is 0 Å². The van der Waals surface area contributed by atoms with E-state index in [-0.39, 0.29) is 0 Å². The van der Waals surface area contributed by atoms with Crippen LogP contribution in [0.3, 0.4) is 0 Å². The van der Waals surface area contributed by atoms with Gasteiger partial charge in [-0.15, -0.1) is 0 Å². The van der Waals surface area contributed by atoms with E-state index < -0.39 is 0 Å². The van der Waals surface area contributed by atoms with E-state index in [2.05, 4.69) is 4.90 Å². The first-order valence-electron chi connectivity index (χ1n) is 5.13. The molecule has 0 radical (unpaired) electrons. The summed E-state index contributed by atoms with van der Waals surface area (Å²) >= 11 is 4.91. The van der Waals surface area contributed by atoms with Gasteiger partial charge in [-0.05, 0) is 31.0 Å². The largest absolute Gasteiger partial charge is 0.398 e. The lowest BCUT2D eigenvalue weighted by atomic mass is 10.1. The Labute approximate surface area is 95.0 Å². The van der Waals surface area contributed by atoms with Crippen molar-refractivity contribution in [3.05, 3.63) is 23.8 Å². The van der Waals surface area contributed by atoms with Gasteiger partial charge in [0.05, 0.1) is 0 Å². The quantitative estimate of drug-likeness (QED) is 0.587. The number of hydrogen-bond acceptors (Lipinski definition) is 3. The van der Waals surface area contributed by atoms with E-state index >= 15 is 0 Å². The molecular weight excluding hydrogens is 206 g/mol. The molecule has 0 spiro atoms. The fraction of sp³-hybridized carbons (Fsp3) is 0.364. The maximum atomic E-state index is 5.90. The molecule has 1 fully saturated rings. The fourth-order valence-corrected chi connectivity index (χ4v) is 2.13. The highest BCUT2D eigenvalue weighted by Gasteiger charge is 2.13. The van der Waals surface area contributed by atoms with Crippen LogP contribution in [0.5, 0.6) is 0 Å². The van der Waals surface area contributed by atoms with Crippen LogP contribution in [-0.4, -0.2) is 18.1 Å². The molecule has 1 aromatic rings. The van der Waals surface area contributed by atoms with Gasteiger partial charge in [-0.3, -0.25) is 0 Å². The molecule has 0 saturated carbocycles. The molecule has 0 aliphatic carbocycles. The lowest BCUT2D eigenvalue weighted by molar-refractivity contribution is 0.949. The normalized spacial score (nSPS) is 15.6. The number of nitrogens with two attached hydrogens (primary N) is 2. The van der Waals surface area contributed by atoms with E-state index in [9.17, 15) is 0 Å². The molecule has 3 nitrogen and oxygen atoms in total. The highest BCUT2D eigenvalue weighted by molar-refractivity contribution is 7.80. The van der Waals surface area contributed by atoms with E-state index in [1.807, 2.05) is 18.2 Å². The van der Waals surface area contributed by atoms with Gasteiger partial charge in [0.15, 0.2) is 0 Å². The average Bonchev–Trinajstić information content (AvgIpc) is 2.69. The summed E-state index contributed by atoms with van der Waals surface area (Å²) in [5, 5.41) is 0. The van der Waals surface area contributed by atoms with E-state index in [1.165, 1.54) is 18.5 Å². The van der Waals surface area contributed by atoms with Crippen LogP contribution in [0.1, 0.15) is 18.4 Å². The van der Waals surface area contributed by atoms with Crippen molar-refractivity contribution >= 4 is 28.6 Å². The predicted molar refractivity (Wildman–Crippen MR) is 68.2 cm³/mol. The zero-order valence-corrected chi connectivity index (χ0v) is 9.39. The third-order valence-electron chi connectivity index (χ3n) is 2.77. The third kappa shape index (κ3) is 2.04. The van der Waals surface area contributed by atoms with Gasteiger partial charge in [-0.2, -0.15) is 0 Å². The third-order valence-corrected chi connectivity index (χ3v) is 2.99. The number of hydrogen-bond donors (Lipinski definition) is 2. The Morgan fingerprint density at radius 3 is 2.47 bits per heavy atom. The van der Waals surface area contributed by atoms with Crippen LogP contribution in [0.2, 0.25) is 0 Å². The Hall–Kier alpha value is -1.29. The van der Waals surface area contributed by atoms with Crippen molar-refractivity contribution in [3.8, 4) is 0 Å². The smallest absolute Gasteiger partial charge is 0.106 e. The van der Waals surface area contributed by atoms with Gasteiger partial charge in [0, 0.05) is 30.0 Å². The molecule has 80 valence electrons. The Morgan fingerprint density at radius 2 is 1.93 bits per heavy atom. The van der Waals surface area contributed by atoms with Crippen LogP contribution >= 0.6 is 12.2 Å². The Balaban J connectivity index is 2.28. The van der Waals surface area contributed by atoms with Crippen molar-refractivity contribution in [2.75, 3.05) is 23.7 Å². The average molecular weight is 221 g/mol. The van der Waals surface area contributed by atoms with Gasteiger partial charge in [-0.1, -0.05) is 12.2 Å². The van der Waals surface area contributed by atoms with Gasteiger partial charge in [-0.25, -0.2) is 0 Å². The van der Waals surface area contributed by atoms with Crippen molar-refractivity contribution < 1.29 is 0 Å². The standard InChI is InChI=1S/C11H15N3S/c12-10-7-8(14-5-1-2-6-14)3-4-9(10)11(13)15/h3-4,7H,1-2,5-6,12H2,(H2,13,15). The van der Waals surface area contributed by atoms with Crippen LogP contribution < -0.4 is 16.4 Å². The van der Waals surface area contributed by atoms with Crippen molar-refractivity contribution in [2.45, 2.75) is 12.8 Å². The number of thiocarbonyl (C=S) groups is 1. The summed E-state index contributed by atoms with van der Waals surface area (Å²) < 4.78 is 0. The predicted octanol–water partition coefficient (Wildman–Crippen LogP) is 1.50. The van der Waals surface area contributed by atoms with E-state index in [4.69, 9.17) is 23.7 Å². The monoisotopic (exact) mass is 221 g/mol. The first kappa shape index (κ1) is 10.2. The SMILES string of the molecule is NC(=S)c1ccc(N2CCCC2)cc1N. The van der Waals surface area contributed by atoms with Crippen LogP contribution in [0.25, 0.3) is 0 Å². The van der Waals surface area contributed by atoms with E-state index in [1.54, 1.807) is 0 Å². The summed E-state index contributed by atoms with van der Waals surface area (Å²) in [4.78, 5) is 2.69. The van der Waals surface area contributed by atoms with Gasteiger partial charge in [0.25, 0.3) is 0 Å². The summed E-state index contributed by atoms with van der Waals surface area (Å²) in [6, 6.07) is 5.90. The first-order chi connectivity index (χ1) is 7.18. The number of rotatable bonds is 2. The summed E-state index contributed by atoms with van der Waals surface area (Å²) in [5.74, 6) is 0. The molecule has 1 heterocycles. The molecule has 0 aromatic heterocycles. The summed E-state index contributed by atoms with van der Waals surface area (Å²) in [6.45, 7) is 2.23. The van der Waals surface area contributed by atoms with E-state index in [0.29, 0.717) is 10.7 Å². The van der Waals surface area contributed by atoms with Gasteiger partial charge in [0.1, 0.15) is 4.99 Å². The highest BCUT2D eigenvalue weighted by atomic mass is 32.1. The molecule has 2 rings (SSSR count). The second-order valence-corrected chi connectivity index (χ2v) is 4.27. The summed E-state index contributed by atoms with van der Waals surface area (Å²) in [7, 11) is 0. The van der Waals surface area contributed by atoms with Crippen molar-refractivity contribution in [2.24, 2.45) is 5.73 Å². The molecule has 0 atom stereocenters. The minimum atomic E-state index is 0.362. The minimum absolute atomic E-state index is 0.362. The molecule has 0 unspecified atom stereocenters. The lowest BCUT2D eigenvalue weighted by Gasteiger charge is -2.18. The van der Waals surface area contributed by atoms with Gasteiger partial charge < -0.3 is 16.4 Å². The molecule has 1 saturated heterocycles. The molecule has 1 aliphatic heterocycles. The molecule has 4 N–H and O–H groups in total. The number of anilines is 2. The lowest BCUT2D eigenvalue weighted by Crippen LogP contribution is -2.19. The topological polar surface area (TPSA) is 55.3 Å². The maximum absolute atomic E-state index is 5.90. The molecule has 1 aliphatic rings. The van der Waals surface area contributed by atoms with E-state index in [0.717, 1.165) is 18.7 Å². The molecule has 15 heavy (non-hydrogen) atoms. The zero-order chi connectivity index (χ0) is 10.8. The van der Waals surface area contributed by atoms with Crippen LogP contribution in [0.15, 0.2) is 18.2 Å². The number of nitrogens with zero attached hydrogens (tertiary/aromatic N) is 1. The fourth-order valence-electron chi connectivity index (χ4n) is 1.95. The van der Waals surface area contributed by atoms with Crippen LogP contribution in [0, 0.1) is 0 Å². The second kappa shape index (κ2) is 4.06. The Morgan fingerprint density at radius 1 is 1.27 bits per heavy atom. The summed E-state index contributed by atoms with van der Waals surface area (Å²) in [5.41, 5.74) is 14.1. The highest BCUT2D eigenvalue weighted by Crippen LogP contribution is 2.24. The van der Waals surface area contributed by atoms with Crippen molar-refractivity contribution in [1.82, 2.24) is 0 Å². The Bertz CT molecular complexity index is 383.